The van der Waals surface area contributed by atoms with Crippen molar-refractivity contribution in [3.05, 3.63) is 42.5 Å². The molecule has 7 atom stereocenters. The van der Waals surface area contributed by atoms with Crippen molar-refractivity contribution in [2.24, 2.45) is 11.8 Å². The van der Waals surface area contributed by atoms with Gasteiger partial charge in [-0.25, -0.2) is 4.79 Å². The van der Waals surface area contributed by atoms with Gasteiger partial charge in [0.05, 0.1) is 18.4 Å². The maximum Gasteiger partial charge on any atom is 0.412 e. The molecule has 0 aliphatic carbocycles. The molecule has 0 radical (unpaired) electrons. The van der Waals surface area contributed by atoms with Gasteiger partial charge in [-0.3, -0.25) is 14.9 Å². The summed E-state index contributed by atoms with van der Waals surface area (Å²) in [6, 6.07) is 8.60. The van der Waals surface area contributed by atoms with Gasteiger partial charge in [0, 0.05) is 12.8 Å². The van der Waals surface area contributed by atoms with E-state index in [2.05, 4.69) is 5.32 Å². The normalized spacial score (nSPS) is 33.2. The number of allylic oxidation sites excluding steroid dienone is 2. The zero-order valence-electron chi connectivity index (χ0n) is 19.4. The van der Waals surface area contributed by atoms with Crippen LogP contribution in [0.2, 0.25) is 0 Å². The van der Waals surface area contributed by atoms with Crippen LogP contribution in [0.5, 0.6) is 0 Å². The summed E-state index contributed by atoms with van der Waals surface area (Å²) in [5.74, 6) is -2.10. The predicted molar refractivity (Wildman–Crippen MR) is 120 cm³/mol. The van der Waals surface area contributed by atoms with Crippen LogP contribution < -0.4 is 5.32 Å². The number of para-hydroxylation sites is 1. The number of carbonyl (C=O) groups excluding carboxylic acids is 3. The van der Waals surface area contributed by atoms with Gasteiger partial charge in [0.25, 0.3) is 0 Å². The number of rotatable bonds is 4. The number of amides is 1. The summed E-state index contributed by atoms with van der Waals surface area (Å²) in [6.45, 7) is 2.86. The van der Waals surface area contributed by atoms with Crippen LogP contribution in [0.25, 0.3) is 0 Å². The van der Waals surface area contributed by atoms with Crippen LogP contribution in [0.3, 0.4) is 0 Å². The quantitative estimate of drug-likeness (QED) is 0.381. The first kappa shape index (κ1) is 25.7. The highest BCUT2D eigenvalue weighted by molar-refractivity contribution is 5.84. The second-order valence-corrected chi connectivity index (χ2v) is 8.37. The molecule has 2 heterocycles. The Bertz CT molecular complexity index is 874. The lowest BCUT2D eigenvalue weighted by Gasteiger charge is -2.44. The first-order valence-corrected chi connectivity index (χ1v) is 11.2. The minimum atomic E-state index is -1.28. The highest BCUT2D eigenvalue weighted by Gasteiger charge is 2.53. The molecule has 0 aromatic heterocycles. The molecule has 2 aliphatic rings. The summed E-state index contributed by atoms with van der Waals surface area (Å²) in [5.41, 5.74) is 0.479. The van der Waals surface area contributed by atoms with Crippen LogP contribution in [0.4, 0.5) is 10.5 Å². The Kier molecular flexibility index (Phi) is 9.03. The van der Waals surface area contributed by atoms with Crippen LogP contribution in [-0.2, 0) is 33.3 Å². The van der Waals surface area contributed by atoms with E-state index in [0.29, 0.717) is 18.5 Å². The summed E-state index contributed by atoms with van der Waals surface area (Å²) in [7, 11) is 1.33. The van der Waals surface area contributed by atoms with Crippen molar-refractivity contribution >= 4 is 23.7 Å². The SMILES string of the molecule is CO[C@H]1O[C@H](CO)[C@H](OC(=O)Nc2ccccc2)[C@@H]2OC(=O)[C@H](C)C/C=C/C[C@@H](C)C(=O)O[C@@H]12. The number of hydrogen-bond donors (Lipinski definition) is 2. The topological polar surface area (TPSA) is 130 Å². The Morgan fingerprint density at radius 1 is 1.03 bits per heavy atom. The first-order valence-electron chi connectivity index (χ1n) is 11.2. The number of aliphatic hydroxyl groups is 1. The lowest BCUT2D eigenvalue weighted by molar-refractivity contribution is -0.300. The summed E-state index contributed by atoms with van der Waals surface area (Å²) < 4.78 is 28.0. The van der Waals surface area contributed by atoms with Gasteiger partial charge < -0.3 is 28.8 Å². The molecule has 0 saturated carbocycles. The second-order valence-electron chi connectivity index (χ2n) is 8.37. The van der Waals surface area contributed by atoms with Gasteiger partial charge in [-0.2, -0.15) is 0 Å². The molecule has 186 valence electrons. The maximum atomic E-state index is 12.8. The van der Waals surface area contributed by atoms with Gasteiger partial charge in [0.1, 0.15) is 6.10 Å². The minimum Gasteiger partial charge on any atom is -0.454 e. The second kappa shape index (κ2) is 12.0. The molecule has 0 bridgehead atoms. The van der Waals surface area contributed by atoms with Gasteiger partial charge in [-0.15, -0.1) is 0 Å². The van der Waals surface area contributed by atoms with Crippen molar-refractivity contribution in [2.45, 2.75) is 57.4 Å². The van der Waals surface area contributed by atoms with Crippen LogP contribution in [-0.4, -0.2) is 67.6 Å². The highest BCUT2D eigenvalue weighted by Crippen LogP contribution is 2.31. The van der Waals surface area contributed by atoms with E-state index < -0.39 is 67.2 Å². The smallest absolute Gasteiger partial charge is 0.412 e. The fourth-order valence-corrected chi connectivity index (χ4v) is 3.70. The Morgan fingerprint density at radius 2 is 1.62 bits per heavy atom. The number of benzene rings is 1. The molecule has 1 aromatic carbocycles. The monoisotopic (exact) mass is 477 g/mol. The van der Waals surface area contributed by atoms with Crippen molar-refractivity contribution in [1.29, 1.82) is 0 Å². The summed E-state index contributed by atoms with van der Waals surface area (Å²) in [6.07, 6.45) is -2.41. The van der Waals surface area contributed by atoms with Crippen molar-refractivity contribution in [3.8, 4) is 0 Å². The van der Waals surface area contributed by atoms with Crippen LogP contribution in [0.15, 0.2) is 42.5 Å². The average Bonchev–Trinajstić information content (AvgIpc) is 2.83. The Labute approximate surface area is 198 Å². The largest absolute Gasteiger partial charge is 0.454 e. The molecule has 3 rings (SSSR count). The Morgan fingerprint density at radius 3 is 2.18 bits per heavy atom. The van der Waals surface area contributed by atoms with E-state index in [1.807, 2.05) is 12.2 Å². The Balaban J connectivity index is 1.92. The van der Waals surface area contributed by atoms with E-state index in [0.717, 1.165) is 0 Å². The van der Waals surface area contributed by atoms with E-state index in [1.54, 1.807) is 44.2 Å². The van der Waals surface area contributed by atoms with E-state index in [-0.39, 0.29) is 0 Å². The zero-order chi connectivity index (χ0) is 24.7. The fourth-order valence-electron chi connectivity index (χ4n) is 3.70. The fraction of sp³-hybridized carbons (Fsp3) is 0.542. The molecule has 34 heavy (non-hydrogen) atoms. The van der Waals surface area contributed by atoms with Gasteiger partial charge in [0.15, 0.2) is 24.6 Å². The van der Waals surface area contributed by atoms with Crippen LogP contribution in [0.1, 0.15) is 26.7 Å². The maximum absolute atomic E-state index is 12.8. The van der Waals surface area contributed by atoms with E-state index in [9.17, 15) is 19.5 Å². The third-order valence-electron chi connectivity index (χ3n) is 5.72. The molecule has 10 nitrogen and oxygen atoms in total. The van der Waals surface area contributed by atoms with E-state index in [4.69, 9.17) is 23.7 Å². The molecule has 1 aromatic rings. The van der Waals surface area contributed by atoms with E-state index in [1.165, 1.54) is 7.11 Å². The van der Waals surface area contributed by atoms with Crippen molar-refractivity contribution in [2.75, 3.05) is 19.0 Å². The van der Waals surface area contributed by atoms with Gasteiger partial charge in [0.2, 0.25) is 0 Å². The minimum absolute atomic E-state index is 0.408. The Hall–Kier alpha value is -2.95. The van der Waals surface area contributed by atoms with Crippen LogP contribution >= 0.6 is 0 Å². The standard InChI is InChI=1S/C24H31NO9/c1-14-9-7-8-10-15(2)22(28)33-20-19(32-21(14)27)18(17(13-26)31-23(20)30-3)34-24(29)25-16-11-5-4-6-12-16/h4-8,11-12,14-15,17-20,23,26H,9-10,13H2,1-3H3,(H,25,29)/b8-7+/t14-,15-,17-,18+,19+,20-,23+/m1/s1. The molecule has 1 amide bonds. The van der Waals surface area contributed by atoms with Gasteiger partial charge in [-0.1, -0.05) is 44.2 Å². The highest BCUT2D eigenvalue weighted by atomic mass is 16.7. The number of aliphatic hydroxyl groups excluding tert-OH is 1. The number of methoxy groups -OCH3 is 1. The summed E-state index contributed by atoms with van der Waals surface area (Å²) in [4.78, 5) is 38.2. The molecule has 0 unspecified atom stereocenters. The number of esters is 2. The van der Waals surface area contributed by atoms with Gasteiger partial charge in [-0.05, 0) is 25.0 Å². The molecule has 1 saturated heterocycles. The van der Waals surface area contributed by atoms with Crippen molar-refractivity contribution in [1.82, 2.24) is 0 Å². The lowest BCUT2D eigenvalue weighted by atomic mass is 9.97. The molecule has 10 heteroatoms. The van der Waals surface area contributed by atoms with Gasteiger partial charge >= 0.3 is 18.0 Å². The summed E-state index contributed by atoms with van der Waals surface area (Å²) >= 11 is 0. The number of anilines is 1. The van der Waals surface area contributed by atoms with Crippen LogP contribution in [0, 0.1) is 11.8 Å². The van der Waals surface area contributed by atoms with E-state index >= 15 is 0 Å². The lowest BCUT2D eigenvalue weighted by Crippen LogP contribution is -2.63. The van der Waals surface area contributed by atoms with Crippen molar-refractivity contribution < 1.29 is 43.2 Å². The molecule has 2 aliphatic heterocycles. The third kappa shape index (κ3) is 6.34. The molecule has 2 N–H and O–H groups in total. The number of carbonyl (C=O) groups is 3. The predicted octanol–water partition coefficient (Wildman–Crippen LogP) is 2.41. The molecule has 1 fully saturated rings. The average molecular weight is 478 g/mol. The number of ether oxygens (including phenoxy) is 5. The number of fused-ring (bicyclic) bond motifs is 1. The first-order chi connectivity index (χ1) is 16.3. The molecular weight excluding hydrogens is 446 g/mol. The molecular formula is C24H31NO9. The molecule has 0 spiro atoms. The third-order valence-corrected chi connectivity index (χ3v) is 5.72. The number of hydrogen-bond acceptors (Lipinski definition) is 9. The zero-order valence-corrected chi connectivity index (χ0v) is 19.4. The summed E-state index contributed by atoms with van der Waals surface area (Å²) in [5, 5.41) is 12.5. The van der Waals surface area contributed by atoms with Crippen molar-refractivity contribution in [3.63, 3.8) is 0 Å². The number of nitrogens with one attached hydrogen (secondary N) is 1.